The first-order valence-corrected chi connectivity index (χ1v) is 8.96. The third kappa shape index (κ3) is 4.75. The molecular weight excluding hydrogens is 459 g/mol. The van der Waals surface area contributed by atoms with E-state index in [2.05, 4.69) is 26.7 Å². The quantitative estimate of drug-likeness (QED) is 0.290. The highest BCUT2D eigenvalue weighted by atomic mass is 127. The maximum Gasteiger partial charge on any atom is 0.287 e. The Morgan fingerprint density at radius 2 is 1.85 bits per heavy atom. The van der Waals surface area contributed by atoms with Crippen molar-refractivity contribution in [1.29, 1.82) is 0 Å². The Kier molecular flexibility index (Phi) is 5.90. The summed E-state index contributed by atoms with van der Waals surface area (Å²) in [5, 5.41) is 7.49. The van der Waals surface area contributed by atoms with Crippen molar-refractivity contribution >= 4 is 52.3 Å². The number of hydrazone groups is 1. The Hall–Kier alpha value is -3.10. The largest absolute Gasteiger partial charge is 0.343 e. The smallest absolute Gasteiger partial charge is 0.287 e. The van der Waals surface area contributed by atoms with E-state index in [1.165, 1.54) is 0 Å². The summed E-state index contributed by atoms with van der Waals surface area (Å²) < 4.78 is 0.783. The van der Waals surface area contributed by atoms with Gasteiger partial charge in [-0.3, -0.25) is 14.4 Å². The number of fused-ring (bicyclic) bond motifs is 1. The van der Waals surface area contributed by atoms with Crippen LogP contribution in [0.15, 0.2) is 64.2 Å². The Morgan fingerprint density at radius 1 is 1.11 bits per heavy atom. The molecule has 1 aliphatic heterocycles. The van der Waals surface area contributed by atoms with Crippen LogP contribution < -0.4 is 21.3 Å². The maximum atomic E-state index is 12.0. The fourth-order valence-electron chi connectivity index (χ4n) is 2.27. The third-order valence-electron chi connectivity index (χ3n) is 3.57. The minimum absolute atomic E-state index is 0.136. The average Bonchev–Trinajstić information content (AvgIpc) is 2.67. The third-order valence-corrected chi connectivity index (χ3v) is 4.51. The van der Waals surface area contributed by atoms with Crippen molar-refractivity contribution in [1.82, 2.24) is 10.7 Å². The van der Waals surface area contributed by atoms with Crippen molar-refractivity contribution < 1.29 is 14.4 Å². The second kappa shape index (κ2) is 8.52. The number of hydrogen-bond donors (Lipinski definition) is 2. The first-order valence-electron chi connectivity index (χ1n) is 7.88. The van der Waals surface area contributed by atoms with Gasteiger partial charge in [-0.15, -0.1) is 5.10 Å². The van der Waals surface area contributed by atoms with Crippen molar-refractivity contribution in [3.8, 4) is 0 Å². The van der Waals surface area contributed by atoms with Crippen LogP contribution >= 0.6 is 22.6 Å². The zero-order valence-electron chi connectivity index (χ0n) is 13.9. The molecule has 2 aromatic carbocycles. The maximum absolute atomic E-state index is 12.0. The average molecular weight is 472 g/mol. The van der Waals surface area contributed by atoms with Gasteiger partial charge in [0.05, 0.1) is 17.5 Å². The van der Waals surface area contributed by atoms with Gasteiger partial charge in [0.2, 0.25) is 0 Å². The van der Waals surface area contributed by atoms with Crippen LogP contribution in [0.2, 0.25) is 0 Å². The van der Waals surface area contributed by atoms with E-state index in [1.807, 2.05) is 40.8 Å². The lowest BCUT2D eigenvalue weighted by Gasteiger charge is -2.05. The molecule has 27 heavy (non-hydrogen) atoms. The van der Waals surface area contributed by atoms with Crippen molar-refractivity contribution in [3.05, 3.63) is 73.8 Å². The van der Waals surface area contributed by atoms with E-state index in [1.54, 1.807) is 36.4 Å². The Bertz CT molecular complexity index is 1120. The molecule has 134 valence electrons. The first kappa shape index (κ1) is 18.7. The van der Waals surface area contributed by atoms with Crippen LogP contribution in [0.1, 0.15) is 10.4 Å². The van der Waals surface area contributed by atoms with Crippen LogP contribution in [0.4, 0.5) is 0 Å². The highest BCUT2D eigenvalue weighted by Crippen LogP contribution is 2.10. The highest BCUT2D eigenvalue weighted by Gasteiger charge is 2.11. The van der Waals surface area contributed by atoms with Gasteiger partial charge in [0.15, 0.2) is 0 Å². The Labute approximate surface area is 167 Å². The van der Waals surface area contributed by atoms with E-state index in [0.29, 0.717) is 10.9 Å². The number of nitrogens with zero attached hydrogens (tertiary/aromatic N) is 2. The molecule has 0 saturated carbocycles. The molecule has 0 radical (unpaired) electrons. The van der Waals surface area contributed by atoms with Crippen molar-refractivity contribution in [2.24, 2.45) is 10.1 Å². The topological polar surface area (TPSA) is 100.0 Å². The van der Waals surface area contributed by atoms with Gasteiger partial charge in [0.25, 0.3) is 17.7 Å². The van der Waals surface area contributed by atoms with E-state index in [-0.39, 0.29) is 18.0 Å². The van der Waals surface area contributed by atoms with Gasteiger partial charge < -0.3 is 5.32 Å². The van der Waals surface area contributed by atoms with Crippen LogP contribution in [0.3, 0.4) is 0 Å². The molecule has 0 spiro atoms. The summed E-state index contributed by atoms with van der Waals surface area (Å²) in [5.74, 6) is 1.08. The molecule has 0 atom stereocenters. The minimum atomic E-state index is -0.539. The van der Waals surface area contributed by atoms with Gasteiger partial charge in [0.1, 0.15) is 5.57 Å². The van der Waals surface area contributed by atoms with Gasteiger partial charge in [-0.05, 0) is 46.9 Å². The Balaban J connectivity index is 1.61. The number of hydrogen-bond acceptors (Lipinski definition) is 4. The highest BCUT2D eigenvalue weighted by molar-refractivity contribution is 14.1. The molecule has 3 amide bonds. The van der Waals surface area contributed by atoms with Gasteiger partial charge >= 0.3 is 0 Å². The normalized spacial score (nSPS) is 12.0. The molecular formula is C19H13IN4O3. The van der Waals surface area contributed by atoms with E-state index < -0.39 is 11.8 Å². The fourth-order valence-corrected chi connectivity index (χ4v) is 2.90. The number of halogens is 1. The zero-order chi connectivity index (χ0) is 19.2. The van der Waals surface area contributed by atoms with Gasteiger partial charge in [-0.25, -0.2) is 10.4 Å². The lowest BCUT2D eigenvalue weighted by atomic mass is 10.1. The predicted octanol–water partition coefficient (Wildman–Crippen LogP) is 0.289. The number of carbonyl (C=O) groups excluding carboxylic acids is 3. The summed E-state index contributed by atoms with van der Waals surface area (Å²) in [6.07, 6.45) is 1.60. The summed E-state index contributed by atoms with van der Waals surface area (Å²) in [7, 11) is 0. The molecule has 8 heteroatoms. The minimum Gasteiger partial charge on any atom is -0.343 e. The molecule has 0 aliphatic carbocycles. The van der Waals surface area contributed by atoms with Crippen LogP contribution in [-0.2, 0) is 9.59 Å². The van der Waals surface area contributed by atoms with Crippen LogP contribution in [0.25, 0.3) is 6.08 Å². The van der Waals surface area contributed by atoms with E-state index in [0.717, 1.165) is 8.79 Å². The molecule has 2 N–H and O–H groups in total. The second-order valence-electron chi connectivity index (χ2n) is 5.45. The fraction of sp³-hybridized carbons (Fsp3) is 0.0526. The lowest BCUT2D eigenvalue weighted by Crippen LogP contribution is -2.35. The number of carbonyl (C=O) groups is 3. The standard InChI is InChI=1S/C19H13IN4O3/c20-15-7-3-2-6-14(15)19(27)21-11-17(25)24-22-10-13-9-12-5-1-4-8-16(12)23-18(13)26/h1-9H,11H2,(H,21,27)(H,24,25). The van der Waals surface area contributed by atoms with Crippen molar-refractivity contribution in [3.63, 3.8) is 0 Å². The van der Waals surface area contributed by atoms with Gasteiger partial charge in [-0.1, -0.05) is 30.3 Å². The molecule has 0 aromatic heterocycles. The number of nitrogens with one attached hydrogen (secondary N) is 2. The molecule has 0 saturated heterocycles. The monoisotopic (exact) mass is 472 g/mol. The lowest BCUT2D eigenvalue weighted by molar-refractivity contribution is -0.120. The van der Waals surface area contributed by atoms with Gasteiger partial charge in [0, 0.05) is 14.7 Å². The van der Waals surface area contributed by atoms with Gasteiger partial charge in [-0.2, -0.15) is 0 Å². The molecule has 0 unspecified atom stereocenters. The number of benzene rings is 2. The summed E-state index contributed by atoms with van der Waals surface area (Å²) in [4.78, 5) is 39.7. The van der Waals surface area contributed by atoms with Crippen LogP contribution in [0, 0.1) is 3.57 Å². The van der Waals surface area contributed by atoms with Crippen molar-refractivity contribution in [2.45, 2.75) is 0 Å². The van der Waals surface area contributed by atoms with E-state index in [9.17, 15) is 14.4 Å². The zero-order valence-corrected chi connectivity index (χ0v) is 16.1. The number of para-hydroxylation sites is 1. The van der Waals surface area contributed by atoms with E-state index >= 15 is 0 Å². The summed E-state index contributed by atoms with van der Waals surface area (Å²) in [6, 6.07) is 14.2. The first-order chi connectivity index (χ1) is 13.0. The van der Waals surface area contributed by atoms with Crippen LogP contribution in [0.5, 0.6) is 0 Å². The Morgan fingerprint density at radius 3 is 2.67 bits per heavy atom. The predicted molar refractivity (Wildman–Crippen MR) is 107 cm³/mol. The second-order valence-corrected chi connectivity index (χ2v) is 6.62. The molecule has 1 aliphatic rings. The summed E-state index contributed by atoms with van der Waals surface area (Å²) in [6.45, 7) is -0.255. The summed E-state index contributed by atoms with van der Waals surface area (Å²) >= 11 is 2.05. The number of rotatable bonds is 4. The molecule has 0 fully saturated rings. The summed E-state index contributed by atoms with van der Waals surface area (Å²) in [5.41, 5.74) is 2.84. The molecule has 0 bridgehead atoms. The molecule has 1 heterocycles. The van der Waals surface area contributed by atoms with E-state index in [4.69, 9.17) is 0 Å². The van der Waals surface area contributed by atoms with Crippen LogP contribution in [-0.4, -0.2) is 30.1 Å². The SMILES string of the molecule is O=C(CNC(=O)c1ccccc1I)NN=C=C1C=c2ccccc2=NC1=O. The number of amides is 3. The molecule has 2 aromatic rings. The molecule has 7 nitrogen and oxygen atoms in total. The van der Waals surface area contributed by atoms with Crippen molar-refractivity contribution in [2.75, 3.05) is 6.54 Å². The molecule has 3 rings (SSSR count).